The van der Waals surface area contributed by atoms with Crippen molar-refractivity contribution in [2.45, 2.75) is 0 Å². The van der Waals surface area contributed by atoms with Gasteiger partial charge in [0.15, 0.2) is 0 Å². The number of carbonyl (C=O) groups is 1. The van der Waals surface area contributed by atoms with Crippen LogP contribution in [-0.2, 0) is 0 Å². The van der Waals surface area contributed by atoms with Gasteiger partial charge in [-0.2, -0.15) is 0 Å². The van der Waals surface area contributed by atoms with Crippen LogP contribution in [0.2, 0.25) is 0 Å². The fourth-order valence-electron chi connectivity index (χ4n) is 1.25. The lowest BCUT2D eigenvalue weighted by atomic mass is 10.1. The van der Waals surface area contributed by atoms with Crippen molar-refractivity contribution in [1.29, 1.82) is 0 Å². The molecule has 2 rings (SSSR count). The Balaban J connectivity index is 2.69. The smallest absolute Gasteiger partial charge is 0.335 e. The zero-order chi connectivity index (χ0) is 10.1. The molecule has 4 heteroatoms. The molecule has 0 aliphatic heterocycles. The highest BCUT2D eigenvalue weighted by molar-refractivity contribution is 5.93. The van der Waals surface area contributed by atoms with Crippen molar-refractivity contribution < 1.29 is 14.6 Å². The molecule has 4 nitrogen and oxygen atoms in total. The minimum absolute atomic E-state index is 0.170. The van der Waals surface area contributed by atoms with E-state index in [0.717, 1.165) is 5.39 Å². The SMILES string of the molecule is O=C(O)c1ccc2c[c-][n+]([O-])cc2c1. The number of nitrogens with zero attached hydrogens (tertiary/aromatic N) is 1. The van der Waals surface area contributed by atoms with Crippen molar-refractivity contribution >= 4 is 16.7 Å². The van der Waals surface area contributed by atoms with Crippen LogP contribution in [0.4, 0.5) is 0 Å². The zero-order valence-electron chi connectivity index (χ0n) is 7.10. The number of aromatic nitrogens is 1. The largest absolute Gasteiger partial charge is 0.641 e. The van der Waals surface area contributed by atoms with E-state index in [9.17, 15) is 10.0 Å². The van der Waals surface area contributed by atoms with E-state index in [-0.39, 0.29) is 5.56 Å². The fourth-order valence-corrected chi connectivity index (χ4v) is 1.25. The van der Waals surface area contributed by atoms with E-state index in [1.54, 1.807) is 6.07 Å². The standard InChI is InChI=1S/C10H6NO3/c12-10(13)8-2-1-7-3-4-11(14)6-9(7)5-8/h1-3,5-6H,(H,12,13)/q-1. The van der Waals surface area contributed by atoms with Crippen LogP contribution in [0.5, 0.6) is 0 Å². The van der Waals surface area contributed by atoms with Gasteiger partial charge in [-0.25, -0.2) is 4.79 Å². The van der Waals surface area contributed by atoms with Gasteiger partial charge in [0.1, 0.15) is 6.20 Å². The molecule has 0 saturated heterocycles. The number of fused-ring (bicyclic) bond motifs is 1. The predicted molar refractivity (Wildman–Crippen MR) is 48.7 cm³/mol. The van der Waals surface area contributed by atoms with Gasteiger partial charge in [-0.1, -0.05) is 23.6 Å². The topological polar surface area (TPSA) is 64.2 Å². The van der Waals surface area contributed by atoms with E-state index in [4.69, 9.17) is 5.11 Å². The second kappa shape index (κ2) is 2.99. The van der Waals surface area contributed by atoms with Crippen molar-refractivity contribution in [2.24, 2.45) is 0 Å². The Kier molecular flexibility index (Phi) is 1.81. The summed E-state index contributed by atoms with van der Waals surface area (Å²) in [6.45, 7) is 0. The summed E-state index contributed by atoms with van der Waals surface area (Å²) in [5.41, 5.74) is 0.170. The normalized spacial score (nSPS) is 10.3. The van der Waals surface area contributed by atoms with Gasteiger partial charge in [0.05, 0.1) is 11.8 Å². The summed E-state index contributed by atoms with van der Waals surface area (Å²) in [6.07, 6.45) is 3.73. The lowest BCUT2D eigenvalue weighted by Gasteiger charge is -2.07. The molecule has 0 radical (unpaired) electrons. The maximum absolute atomic E-state index is 10.9. The molecule has 2 aromatic rings. The van der Waals surface area contributed by atoms with Crippen LogP contribution in [0, 0.1) is 11.4 Å². The minimum atomic E-state index is -1.00. The molecular formula is C10H6NO3-. The molecule has 70 valence electrons. The third-order valence-corrected chi connectivity index (χ3v) is 1.94. The van der Waals surface area contributed by atoms with E-state index in [1.807, 2.05) is 0 Å². The zero-order valence-corrected chi connectivity index (χ0v) is 7.10. The number of aromatic carboxylic acids is 1. The van der Waals surface area contributed by atoms with Gasteiger partial charge in [-0.3, -0.25) is 4.73 Å². The summed E-state index contributed by atoms with van der Waals surface area (Å²) in [6, 6.07) is 6.12. The molecule has 0 aliphatic rings. The van der Waals surface area contributed by atoms with Gasteiger partial charge in [0, 0.05) is 0 Å². The van der Waals surface area contributed by atoms with Crippen LogP contribution >= 0.6 is 0 Å². The Morgan fingerprint density at radius 3 is 2.93 bits per heavy atom. The quantitative estimate of drug-likeness (QED) is 0.412. The van der Waals surface area contributed by atoms with Gasteiger partial charge >= 0.3 is 5.97 Å². The Hall–Kier alpha value is -2.10. The van der Waals surface area contributed by atoms with Crippen molar-refractivity contribution in [3.8, 4) is 0 Å². The number of carboxylic acid groups (broad SMARTS) is 1. The van der Waals surface area contributed by atoms with E-state index < -0.39 is 5.97 Å². The van der Waals surface area contributed by atoms with Crippen molar-refractivity contribution in [1.82, 2.24) is 0 Å². The summed E-state index contributed by atoms with van der Waals surface area (Å²) in [5, 5.41) is 21.0. The van der Waals surface area contributed by atoms with E-state index in [2.05, 4.69) is 6.20 Å². The number of benzene rings is 1. The van der Waals surface area contributed by atoms with Gasteiger partial charge in [-0.15, -0.1) is 11.5 Å². The molecule has 0 unspecified atom stereocenters. The minimum Gasteiger partial charge on any atom is -0.641 e. The first-order valence-corrected chi connectivity index (χ1v) is 3.95. The number of pyridine rings is 1. The molecule has 1 aromatic heterocycles. The maximum Gasteiger partial charge on any atom is 0.335 e. The monoisotopic (exact) mass is 188 g/mol. The molecule has 0 atom stereocenters. The third-order valence-electron chi connectivity index (χ3n) is 1.94. The molecule has 14 heavy (non-hydrogen) atoms. The van der Waals surface area contributed by atoms with Crippen molar-refractivity contribution in [3.63, 3.8) is 0 Å². The molecular weight excluding hydrogens is 182 g/mol. The van der Waals surface area contributed by atoms with Gasteiger partial charge in [0.2, 0.25) is 0 Å². The predicted octanol–water partition coefficient (Wildman–Crippen LogP) is 0.972. The first-order valence-electron chi connectivity index (χ1n) is 3.95. The highest BCUT2D eigenvalue weighted by atomic mass is 16.5. The van der Waals surface area contributed by atoms with Crippen LogP contribution in [-0.4, -0.2) is 11.1 Å². The fraction of sp³-hybridized carbons (Fsp3) is 0. The first kappa shape index (κ1) is 8.50. The van der Waals surface area contributed by atoms with Crippen LogP contribution < -0.4 is 4.73 Å². The molecule has 1 heterocycles. The summed E-state index contributed by atoms with van der Waals surface area (Å²) in [4.78, 5) is 10.6. The lowest BCUT2D eigenvalue weighted by molar-refractivity contribution is -0.608. The number of hydrogen-bond acceptors (Lipinski definition) is 2. The van der Waals surface area contributed by atoms with Crippen molar-refractivity contribution in [3.05, 3.63) is 47.4 Å². The molecule has 0 spiro atoms. The molecule has 0 aliphatic carbocycles. The summed E-state index contributed by atoms with van der Waals surface area (Å²) in [7, 11) is 0. The van der Waals surface area contributed by atoms with E-state index in [1.165, 1.54) is 24.4 Å². The molecule has 0 fully saturated rings. The van der Waals surface area contributed by atoms with Gasteiger partial charge in [0.25, 0.3) is 0 Å². The summed E-state index contributed by atoms with van der Waals surface area (Å²) in [5.74, 6) is -1.00. The molecule has 0 amide bonds. The average molecular weight is 188 g/mol. The lowest BCUT2D eigenvalue weighted by Crippen LogP contribution is -2.24. The highest BCUT2D eigenvalue weighted by Crippen LogP contribution is 2.13. The third kappa shape index (κ3) is 1.37. The van der Waals surface area contributed by atoms with E-state index in [0.29, 0.717) is 10.1 Å². The highest BCUT2D eigenvalue weighted by Gasteiger charge is 2.00. The van der Waals surface area contributed by atoms with Gasteiger partial charge < -0.3 is 10.3 Å². The van der Waals surface area contributed by atoms with Crippen LogP contribution in [0.15, 0.2) is 30.5 Å². The Morgan fingerprint density at radius 1 is 1.43 bits per heavy atom. The number of hydrogen-bond donors (Lipinski definition) is 1. The van der Waals surface area contributed by atoms with E-state index >= 15 is 0 Å². The molecule has 0 bridgehead atoms. The van der Waals surface area contributed by atoms with Crippen molar-refractivity contribution in [2.75, 3.05) is 0 Å². The molecule has 1 aromatic carbocycles. The Bertz CT molecular complexity index is 508. The maximum atomic E-state index is 10.9. The summed E-state index contributed by atoms with van der Waals surface area (Å²) >= 11 is 0. The van der Waals surface area contributed by atoms with Crippen LogP contribution in [0.3, 0.4) is 0 Å². The first-order chi connectivity index (χ1) is 6.66. The second-order valence-corrected chi connectivity index (χ2v) is 2.88. The second-order valence-electron chi connectivity index (χ2n) is 2.88. The van der Waals surface area contributed by atoms with Crippen LogP contribution in [0.1, 0.15) is 10.4 Å². The van der Waals surface area contributed by atoms with Crippen LogP contribution in [0.25, 0.3) is 10.8 Å². The van der Waals surface area contributed by atoms with Gasteiger partial charge in [-0.05, 0) is 0 Å². The Morgan fingerprint density at radius 2 is 2.21 bits per heavy atom. The summed E-state index contributed by atoms with van der Waals surface area (Å²) < 4.78 is 0.522. The number of rotatable bonds is 1. The molecule has 1 N–H and O–H groups in total. The number of carboxylic acids is 1. The average Bonchev–Trinajstić information content (AvgIpc) is 2.16. The Labute approximate surface area is 79.6 Å². The molecule has 0 saturated carbocycles.